The molecular formula is C18H23N3O. The molecule has 0 atom stereocenters. The number of benzene rings is 1. The molecule has 1 N–H and O–H groups in total. The highest BCUT2D eigenvalue weighted by Crippen LogP contribution is 2.19. The summed E-state index contributed by atoms with van der Waals surface area (Å²) in [5, 5.41) is 1.09. The summed E-state index contributed by atoms with van der Waals surface area (Å²) in [5.74, 6) is 0.140. The second kappa shape index (κ2) is 6.79. The molecule has 1 fully saturated rings. The van der Waals surface area contributed by atoms with Gasteiger partial charge in [0, 0.05) is 44.3 Å². The second-order valence-corrected chi connectivity index (χ2v) is 5.76. The number of aromatic nitrogens is 1. The molecule has 0 saturated carbocycles. The van der Waals surface area contributed by atoms with Crippen LogP contribution in [0.4, 0.5) is 0 Å². The molecule has 0 radical (unpaired) electrons. The van der Waals surface area contributed by atoms with E-state index in [1.54, 1.807) is 0 Å². The number of carbonyl (C=O) groups excluding carboxylic acids is 1. The molecule has 2 heterocycles. The number of hydrogen-bond acceptors (Lipinski definition) is 2. The Hall–Kier alpha value is -2.07. The fourth-order valence-corrected chi connectivity index (χ4v) is 3.04. The number of nitrogens with zero attached hydrogens (tertiary/aromatic N) is 2. The molecule has 22 heavy (non-hydrogen) atoms. The molecule has 4 nitrogen and oxygen atoms in total. The number of aromatic amines is 1. The Bertz CT molecular complexity index is 674. The number of hydrogen-bond donors (Lipinski definition) is 1. The van der Waals surface area contributed by atoms with Gasteiger partial charge >= 0.3 is 0 Å². The van der Waals surface area contributed by atoms with Crippen LogP contribution in [-0.4, -0.2) is 53.4 Å². The molecule has 4 heteroatoms. The van der Waals surface area contributed by atoms with Gasteiger partial charge in [0.25, 0.3) is 5.91 Å². The third kappa shape index (κ3) is 3.07. The van der Waals surface area contributed by atoms with Crippen LogP contribution < -0.4 is 0 Å². The van der Waals surface area contributed by atoms with Crippen molar-refractivity contribution in [1.82, 2.24) is 14.8 Å². The molecule has 0 unspecified atom stereocenters. The van der Waals surface area contributed by atoms with Gasteiger partial charge in [0.15, 0.2) is 0 Å². The standard InChI is InChI=1S/C18H23N3O/c1-2-3-10-20-11-5-12-21(14-13-20)18(22)16-7-4-6-15-8-9-19-17(15)16/h2-4,6-9,19H,5,10-14H2,1H3. The van der Waals surface area contributed by atoms with Crippen LogP contribution in [0.15, 0.2) is 42.6 Å². The average molecular weight is 297 g/mol. The van der Waals surface area contributed by atoms with Gasteiger partial charge in [0.1, 0.15) is 0 Å². The maximum atomic E-state index is 12.9. The third-order valence-corrected chi connectivity index (χ3v) is 4.29. The van der Waals surface area contributed by atoms with E-state index in [2.05, 4.69) is 22.0 Å². The van der Waals surface area contributed by atoms with Gasteiger partial charge in [0.2, 0.25) is 0 Å². The summed E-state index contributed by atoms with van der Waals surface area (Å²) >= 11 is 0. The monoisotopic (exact) mass is 297 g/mol. The summed E-state index contributed by atoms with van der Waals surface area (Å²) in [5.41, 5.74) is 1.73. The summed E-state index contributed by atoms with van der Waals surface area (Å²) in [4.78, 5) is 20.4. The lowest BCUT2D eigenvalue weighted by atomic mass is 10.1. The molecule has 1 aliphatic heterocycles. The fraction of sp³-hybridized carbons (Fsp3) is 0.389. The van der Waals surface area contributed by atoms with Crippen molar-refractivity contribution in [2.45, 2.75) is 13.3 Å². The number of allylic oxidation sites excluding steroid dienone is 1. The van der Waals surface area contributed by atoms with Gasteiger partial charge in [0.05, 0.1) is 11.1 Å². The van der Waals surface area contributed by atoms with E-state index < -0.39 is 0 Å². The number of fused-ring (bicyclic) bond motifs is 1. The van der Waals surface area contributed by atoms with Gasteiger partial charge in [-0.2, -0.15) is 0 Å². The lowest BCUT2D eigenvalue weighted by molar-refractivity contribution is 0.0764. The summed E-state index contributed by atoms with van der Waals surface area (Å²) in [6, 6.07) is 7.92. The zero-order chi connectivity index (χ0) is 15.4. The molecule has 1 amide bonds. The van der Waals surface area contributed by atoms with Crippen molar-refractivity contribution in [3.05, 3.63) is 48.2 Å². The lowest BCUT2D eigenvalue weighted by Crippen LogP contribution is -2.35. The number of nitrogens with one attached hydrogen (secondary N) is 1. The van der Waals surface area contributed by atoms with Crippen LogP contribution in [0.5, 0.6) is 0 Å². The quantitative estimate of drug-likeness (QED) is 0.885. The number of carbonyl (C=O) groups is 1. The van der Waals surface area contributed by atoms with Crippen molar-refractivity contribution >= 4 is 16.8 Å². The number of rotatable bonds is 3. The van der Waals surface area contributed by atoms with E-state index in [1.165, 1.54) is 0 Å². The van der Waals surface area contributed by atoms with E-state index in [-0.39, 0.29) is 5.91 Å². The first-order valence-electron chi connectivity index (χ1n) is 7.98. The van der Waals surface area contributed by atoms with Crippen molar-refractivity contribution in [2.24, 2.45) is 0 Å². The predicted molar refractivity (Wildman–Crippen MR) is 90.1 cm³/mol. The molecule has 0 aliphatic carbocycles. The summed E-state index contributed by atoms with van der Waals surface area (Å²) < 4.78 is 0. The highest BCUT2D eigenvalue weighted by molar-refractivity contribution is 6.05. The molecule has 1 aromatic heterocycles. The van der Waals surface area contributed by atoms with E-state index in [4.69, 9.17) is 0 Å². The first-order chi connectivity index (χ1) is 10.8. The molecular weight excluding hydrogens is 274 g/mol. The van der Waals surface area contributed by atoms with Crippen molar-refractivity contribution in [1.29, 1.82) is 0 Å². The lowest BCUT2D eigenvalue weighted by Gasteiger charge is -2.21. The van der Waals surface area contributed by atoms with Crippen molar-refractivity contribution in [3.8, 4) is 0 Å². The number of para-hydroxylation sites is 1. The first-order valence-corrected chi connectivity index (χ1v) is 7.98. The Morgan fingerprint density at radius 1 is 1.23 bits per heavy atom. The fourth-order valence-electron chi connectivity index (χ4n) is 3.04. The molecule has 3 rings (SSSR count). The molecule has 116 valence electrons. The number of amides is 1. The summed E-state index contributed by atoms with van der Waals surface area (Å²) in [7, 11) is 0. The molecule has 0 bridgehead atoms. The average Bonchev–Trinajstić information content (AvgIpc) is 2.90. The van der Waals surface area contributed by atoms with Gasteiger partial charge in [-0.1, -0.05) is 24.3 Å². The van der Waals surface area contributed by atoms with Crippen LogP contribution >= 0.6 is 0 Å². The highest BCUT2D eigenvalue weighted by atomic mass is 16.2. The SMILES string of the molecule is CC=CCN1CCCN(C(=O)c2cccc3cc[nH]c23)CC1. The van der Waals surface area contributed by atoms with E-state index in [1.807, 2.05) is 42.3 Å². The van der Waals surface area contributed by atoms with Crippen LogP contribution in [0.2, 0.25) is 0 Å². The number of H-pyrrole nitrogens is 1. The molecule has 1 saturated heterocycles. The van der Waals surface area contributed by atoms with Gasteiger partial charge in [-0.15, -0.1) is 0 Å². The summed E-state index contributed by atoms with van der Waals surface area (Å²) in [6.45, 7) is 6.66. The van der Waals surface area contributed by atoms with Gasteiger partial charge in [-0.05, 0) is 25.5 Å². The largest absolute Gasteiger partial charge is 0.361 e. The molecule has 1 aliphatic rings. The smallest absolute Gasteiger partial charge is 0.256 e. The van der Waals surface area contributed by atoms with Crippen molar-refractivity contribution in [3.63, 3.8) is 0 Å². The predicted octanol–water partition coefficient (Wildman–Crippen LogP) is 2.89. The Labute approximate surface area is 131 Å². The molecule has 0 spiro atoms. The summed E-state index contributed by atoms with van der Waals surface area (Å²) in [6.07, 6.45) is 7.18. The minimum absolute atomic E-state index is 0.140. The third-order valence-electron chi connectivity index (χ3n) is 4.29. The van der Waals surface area contributed by atoms with Crippen molar-refractivity contribution in [2.75, 3.05) is 32.7 Å². The van der Waals surface area contributed by atoms with Crippen LogP contribution in [-0.2, 0) is 0 Å². The maximum absolute atomic E-state index is 12.9. The van der Waals surface area contributed by atoms with Gasteiger partial charge in [-0.25, -0.2) is 0 Å². The van der Waals surface area contributed by atoms with Crippen molar-refractivity contribution < 1.29 is 4.79 Å². The molecule has 2 aromatic rings. The topological polar surface area (TPSA) is 39.3 Å². The second-order valence-electron chi connectivity index (χ2n) is 5.76. The van der Waals surface area contributed by atoms with E-state index in [9.17, 15) is 4.79 Å². The Morgan fingerprint density at radius 2 is 2.14 bits per heavy atom. The first kappa shape index (κ1) is 14.9. The molecule has 1 aromatic carbocycles. The minimum Gasteiger partial charge on any atom is -0.361 e. The Morgan fingerprint density at radius 3 is 3.00 bits per heavy atom. The van der Waals surface area contributed by atoms with Crippen LogP contribution in [0.25, 0.3) is 10.9 Å². The maximum Gasteiger partial charge on any atom is 0.256 e. The minimum atomic E-state index is 0.140. The zero-order valence-electron chi connectivity index (χ0n) is 13.1. The van der Waals surface area contributed by atoms with Gasteiger partial charge < -0.3 is 9.88 Å². The van der Waals surface area contributed by atoms with Crippen LogP contribution in [0.1, 0.15) is 23.7 Å². The Balaban J connectivity index is 1.74. The van der Waals surface area contributed by atoms with Crippen LogP contribution in [0, 0.1) is 0 Å². The Kier molecular flexibility index (Phi) is 4.59. The van der Waals surface area contributed by atoms with Gasteiger partial charge in [-0.3, -0.25) is 9.69 Å². The zero-order valence-corrected chi connectivity index (χ0v) is 13.1. The van der Waals surface area contributed by atoms with E-state index >= 15 is 0 Å². The van der Waals surface area contributed by atoms with E-state index in [0.717, 1.165) is 55.6 Å². The van der Waals surface area contributed by atoms with E-state index in [0.29, 0.717) is 0 Å². The normalized spacial score (nSPS) is 17.2. The highest BCUT2D eigenvalue weighted by Gasteiger charge is 2.21. The van der Waals surface area contributed by atoms with Crippen LogP contribution in [0.3, 0.4) is 0 Å².